The number of benzene rings is 1. The van der Waals surface area contributed by atoms with Gasteiger partial charge in [-0.05, 0) is 31.7 Å². The number of aliphatic carboxylic acids is 1. The second-order valence-corrected chi connectivity index (χ2v) is 4.85. The number of ether oxygens (including phenoxy) is 2. The molecule has 5 nitrogen and oxygen atoms in total. The van der Waals surface area contributed by atoms with Crippen molar-refractivity contribution in [2.45, 2.75) is 19.4 Å². The predicted octanol–water partition coefficient (Wildman–Crippen LogP) is 1.66. The van der Waals surface area contributed by atoms with Crippen LogP contribution in [0.4, 0.5) is 0 Å². The van der Waals surface area contributed by atoms with Crippen LogP contribution < -0.4 is 4.74 Å². The fraction of sp³-hybridized carbons (Fsp3) is 0.533. The molecule has 20 heavy (non-hydrogen) atoms. The summed E-state index contributed by atoms with van der Waals surface area (Å²) in [5, 5.41) is 8.69. The molecule has 1 aromatic carbocycles. The molecule has 0 aliphatic rings. The molecule has 1 atom stereocenters. The van der Waals surface area contributed by atoms with E-state index in [1.165, 1.54) is 0 Å². The normalized spacial score (nSPS) is 12.4. The van der Waals surface area contributed by atoms with Gasteiger partial charge in [0.05, 0.1) is 13.0 Å². The molecule has 0 aliphatic carbocycles. The molecular weight excluding hydrogens is 258 g/mol. The van der Waals surface area contributed by atoms with Gasteiger partial charge in [0.1, 0.15) is 12.4 Å². The Morgan fingerprint density at radius 3 is 2.55 bits per heavy atom. The molecule has 1 rings (SSSR count). The molecule has 0 aromatic heterocycles. The third-order valence-electron chi connectivity index (χ3n) is 3.15. The van der Waals surface area contributed by atoms with Crippen LogP contribution in [0.5, 0.6) is 5.75 Å². The number of hydrogen-bond acceptors (Lipinski definition) is 4. The van der Waals surface area contributed by atoms with E-state index in [0.717, 1.165) is 17.9 Å². The Morgan fingerprint density at radius 1 is 1.35 bits per heavy atom. The molecule has 0 bridgehead atoms. The van der Waals surface area contributed by atoms with Gasteiger partial charge >= 0.3 is 5.97 Å². The Kier molecular flexibility index (Phi) is 7.04. The summed E-state index contributed by atoms with van der Waals surface area (Å²) < 4.78 is 10.7. The molecule has 0 heterocycles. The molecule has 0 spiro atoms. The van der Waals surface area contributed by atoms with Gasteiger partial charge in [-0.2, -0.15) is 0 Å². The van der Waals surface area contributed by atoms with Gasteiger partial charge in [0, 0.05) is 19.7 Å². The molecule has 1 aromatic rings. The first-order valence-electron chi connectivity index (χ1n) is 6.65. The minimum atomic E-state index is -0.826. The minimum absolute atomic E-state index is 0.0392. The van der Waals surface area contributed by atoms with E-state index in [4.69, 9.17) is 14.6 Å². The smallest absolute Gasteiger partial charge is 0.307 e. The van der Waals surface area contributed by atoms with Gasteiger partial charge in [0.25, 0.3) is 0 Å². The fourth-order valence-electron chi connectivity index (χ4n) is 1.77. The van der Waals surface area contributed by atoms with Crippen LogP contribution in [0, 0.1) is 0 Å². The summed E-state index contributed by atoms with van der Waals surface area (Å²) in [6, 6.07) is 7.51. The van der Waals surface area contributed by atoms with E-state index in [9.17, 15) is 4.79 Å². The van der Waals surface area contributed by atoms with E-state index in [1.807, 2.05) is 7.05 Å². The SMILES string of the molecule is COCC(C)N(C)CCOc1ccc(CC(=O)O)cc1. The van der Waals surface area contributed by atoms with Gasteiger partial charge in [-0.3, -0.25) is 9.69 Å². The van der Waals surface area contributed by atoms with Gasteiger partial charge in [-0.15, -0.1) is 0 Å². The second-order valence-electron chi connectivity index (χ2n) is 4.85. The van der Waals surface area contributed by atoms with Crippen molar-refractivity contribution in [1.29, 1.82) is 0 Å². The fourth-order valence-corrected chi connectivity index (χ4v) is 1.77. The minimum Gasteiger partial charge on any atom is -0.492 e. The first-order chi connectivity index (χ1) is 9.52. The molecule has 0 saturated carbocycles. The number of carboxylic acid groups (broad SMARTS) is 1. The lowest BCUT2D eigenvalue weighted by Gasteiger charge is -2.23. The maximum atomic E-state index is 10.6. The maximum absolute atomic E-state index is 10.6. The quantitative estimate of drug-likeness (QED) is 0.746. The molecule has 0 radical (unpaired) electrons. The van der Waals surface area contributed by atoms with Gasteiger partial charge in [0.15, 0.2) is 0 Å². The van der Waals surface area contributed by atoms with Crippen LogP contribution in [0.3, 0.4) is 0 Å². The van der Waals surface area contributed by atoms with Crippen LogP contribution in [-0.4, -0.2) is 55.9 Å². The highest BCUT2D eigenvalue weighted by atomic mass is 16.5. The molecule has 112 valence electrons. The number of carboxylic acids is 1. The van der Waals surface area contributed by atoms with Crippen molar-refractivity contribution in [3.05, 3.63) is 29.8 Å². The number of methoxy groups -OCH3 is 1. The third kappa shape index (κ3) is 6.04. The lowest BCUT2D eigenvalue weighted by atomic mass is 10.1. The molecular formula is C15H23NO4. The summed E-state index contributed by atoms with van der Waals surface area (Å²) in [6.07, 6.45) is 0.0392. The van der Waals surface area contributed by atoms with Crippen molar-refractivity contribution in [2.24, 2.45) is 0 Å². The lowest BCUT2D eigenvalue weighted by molar-refractivity contribution is -0.136. The Labute approximate surface area is 120 Å². The first kappa shape index (κ1) is 16.5. The van der Waals surface area contributed by atoms with E-state index in [0.29, 0.717) is 19.3 Å². The van der Waals surface area contributed by atoms with Crippen molar-refractivity contribution in [3.8, 4) is 5.75 Å². The zero-order chi connectivity index (χ0) is 15.0. The predicted molar refractivity (Wildman–Crippen MR) is 77.2 cm³/mol. The van der Waals surface area contributed by atoms with Crippen molar-refractivity contribution in [2.75, 3.05) is 33.9 Å². The summed E-state index contributed by atoms with van der Waals surface area (Å²) in [5.74, 6) is -0.0700. The van der Waals surface area contributed by atoms with Crippen LogP contribution in [0.25, 0.3) is 0 Å². The van der Waals surface area contributed by atoms with Crippen LogP contribution in [0.2, 0.25) is 0 Å². The average molecular weight is 281 g/mol. The zero-order valence-corrected chi connectivity index (χ0v) is 12.3. The Morgan fingerprint density at radius 2 is 2.00 bits per heavy atom. The summed E-state index contributed by atoms with van der Waals surface area (Å²) in [5.41, 5.74) is 0.774. The van der Waals surface area contributed by atoms with E-state index in [-0.39, 0.29) is 6.42 Å². The molecule has 5 heteroatoms. The summed E-state index contributed by atoms with van der Waals surface area (Å²) in [4.78, 5) is 12.7. The third-order valence-corrected chi connectivity index (χ3v) is 3.15. The number of hydrogen-bond donors (Lipinski definition) is 1. The maximum Gasteiger partial charge on any atom is 0.307 e. The largest absolute Gasteiger partial charge is 0.492 e. The van der Waals surface area contributed by atoms with Crippen LogP contribution in [0.1, 0.15) is 12.5 Å². The molecule has 0 fully saturated rings. The van der Waals surface area contributed by atoms with Crippen molar-refractivity contribution in [3.63, 3.8) is 0 Å². The van der Waals surface area contributed by atoms with Crippen molar-refractivity contribution < 1.29 is 19.4 Å². The molecule has 1 unspecified atom stereocenters. The lowest BCUT2D eigenvalue weighted by Crippen LogP contribution is -2.35. The van der Waals surface area contributed by atoms with Crippen LogP contribution in [0.15, 0.2) is 24.3 Å². The number of nitrogens with zero attached hydrogens (tertiary/aromatic N) is 1. The van der Waals surface area contributed by atoms with E-state index >= 15 is 0 Å². The molecule has 0 saturated heterocycles. The Balaban J connectivity index is 2.33. The molecule has 0 aliphatic heterocycles. The summed E-state index contributed by atoms with van der Waals surface area (Å²) in [7, 11) is 3.72. The van der Waals surface area contributed by atoms with Gasteiger partial charge in [0.2, 0.25) is 0 Å². The topological polar surface area (TPSA) is 59.0 Å². The highest BCUT2D eigenvalue weighted by Crippen LogP contribution is 2.12. The van der Waals surface area contributed by atoms with Crippen molar-refractivity contribution >= 4 is 5.97 Å². The molecule has 1 N–H and O–H groups in total. The van der Waals surface area contributed by atoms with Crippen molar-refractivity contribution in [1.82, 2.24) is 4.90 Å². The van der Waals surface area contributed by atoms with E-state index in [1.54, 1.807) is 31.4 Å². The highest BCUT2D eigenvalue weighted by molar-refractivity contribution is 5.70. The highest BCUT2D eigenvalue weighted by Gasteiger charge is 2.08. The average Bonchev–Trinajstić information content (AvgIpc) is 2.40. The Hall–Kier alpha value is -1.59. The first-order valence-corrected chi connectivity index (χ1v) is 6.65. The van der Waals surface area contributed by atoms with Gasteiger partial charge in [-0.1, -0.05) is 12.1 Å². The number of carbonyl (C=O) groups is 1. The van der Waals surface area contributed by atoms with E-state index < -0.39 is 5.97 Å². The van der Waals surface area contributed by atoms with Gasteiger partial charge in [-0.25, -0.2) is 0 Å². The molecule has 0 amide bonds. The Bertz CT molecular complexity index is 405. The summed E-state index contributed by atoms with van der Waals surface area (Å²) >= 11 is 0. The van der Waals surface area contributed by atoms with Crippen LogP contribution >= 0.6 is 0 Å². The second kappa shape index (κ2) is 8.55. The van der Waals surface area contributed by atoms with Gasteiger partial charge < -0.3 is 14.6 Å². The standard InChI is InChI=1S/C15H23NO4/c1-12(11-19-3)16(2)8-9-20-14-6-4-13(5-7-14)10-15(17)18/h4-7,12H,8-11H2,1-3H3,(H,17,18). The summed E-state index contributed by atoms with van der Waals surface area (Å²) in [6.45, 7) is 4.19. The zero-order valence-electron chi connectivity index (χ0n) is 12.3. The van der Waals surface area contributed by atoms with Crippen LogP contribution in [-0.2, 0) is 16.0 Å². The monoisotopic (exact) mass is 281 g/mol. The number of likely N-dealkylation sites (N-methyl/N-ethyl adjacent to an activating group) is 1. The van der Waals surface area contributed by atoms with E-state index in [2.05, 4.69) is 11.8 Å². The number of rotatable bonds is 9.